The van der Waals surface area contributed by atoms with Crippen LogP contribution in [-0.4, -0.2) is 67.2 Å². The van der Waals surface area contributed by atoms with Crippen molar-refractivity contribution in [1.29, 1.82) is 0 Å². The fraction of sp³-hybridized carbons (Fsp3) is 0.633. The van der Waals surface area contributed by atoms with E-state index in [1.54, 1.807) is 65.8 Å². The van der Waals surface area contributed by atoms with Crippen molar-refractivity contribution in [2.24, 2.45) is 10.8 Å². The lowest BCUT2D eigenvalue weighted by Gasteiger charge is -2.44. The first-order valence-corrected chi connectivity index (χ1v) is 13.6. The molecule has 1 aromatic carbocycles. The van der Waals surface area contributed by atoms with Crippen LogP contribution in [0.25, 0.3) is 0 Å². The quantitative estimate of drug-likeness (QED) is 0.288. The predicted molar refractivity (Wildman–Crippen MR) is 146 cm³/mol. The average molecular weight is 595 g/mol. The van der Waals surface area contributed by atoms with Gasteiger partial charge in [-0.15, -0.1) is 0 Å². The maximum atomic E-state index is 13.0. The lowest BCUT2D eigenvalue weighted by atomic mass is 9.95. The molecule has 0 saturated carbocycles. The summed E-state index contributed by atoms with van der Waals surface area (Å²) in [4.78, 5) is 60.9. The zero-order chi connectivity index (χ0) is 31.8. The van der Waals surface area contributed by atoms with E-state index in [0.717, 1.165) is 19.4 Å². The molecule has 12 heteroatoms. The molecule has 1 aliphatic rings. The lowest BCUT2D eigenvalue weighted by Crippen LogP contribution is -2.63. The van der Waals surface area contributed by atoms with Gasteiger partial charge in [0.05, 0.1) is 17.4 Å². The van der Waals surface area contributed by atoms with Crippen LogP contribution < -0.4 is 0 Å². The van der Waals surface area contributed by atoms with Gasteiger partial charge in [0.2, 0.25) is 0 Å². The van der Waals surface area contributed by atoms with Crippen molar-refractivity contribution in [3.63, 3.8) is 0 Å². The summed E-state index contributed by atoms with van der Waals surface area (Å²) >= 11 is 0. The van der Waals surface area contributed by atoms with Crippen LogP contribution in [0.5, 0.6) is 0 Å². The Bertz CT molecular complexity index is 1110. The molecular weight excluding hydrogens is 552 g/mol. The van der Waals surface area contributed by atoms with Crippen LogP contribution in [0.1, 0.15) is 73.4 Å². The average Bonchev–Trinajstić information content (AvgIpc) is 2.86. The van der Waals surface area contributed by atoms with E-state index >= 15 is 0 Å². The van der Waals surface area contributed by atoms with Gasteiger partial charge in [-0.05, 0) is 52.7 Å². The topological polar surface area (TPSA) is 150 Å². The van der Waals surface area contributed by atoms with E-state index in [1.807, 2.05) is 0 Å². The Morgan fingerprint density at radius 3 is 1.62 bits per heavy atom. The summed E-state index contributed by atoms with van der Waals surface area (Å²) in [5, 5.41) is 0. The van der Waals surface area contributed by atoms with Gasteiger partial charge in [0, 0.05) is 20.8 Å². The van der Waals surface area contributed by atoms with Gasteiger partial charge < -0.3 is 33.2 Å². The van der Waals surface area contributed by atoms with E-state index in [0.29, 0.717) is 5.56 Å². The fourth-order valence-electron chi connectivity index (χ4n) is 3.70. The van der Waals surface area contributed by atoms with Crippen molar-refractivity contribution >= 4 is 29.8 Å². The molecule has 0 aliphatic carbocycles. The monoisotopic (exact) mass is 594 g/mol. The van der Waals surface area contributed by atoms with Crippen molar-refractivity contribution in [1.82, 2.24) is 0 Å². The van der Waals surface area contributed by atoms with Crippen molar-refractivity contribution in [3.05, 3.63) is 35.4 Å². The predicted octanol–water partition coefficient (Wildman–Crippen LogP) is 3.40. The minimum Gasteiger partial charge on any atom is -0.462 e. The number of carbonyl (C=O) groups excluding carboxylic acids is 5. The molecule has 2 rings (SSSR count). The van der Waals surface area contributed by atoms with Crippen molar-refractivity contribution in [3.8, 4) is 0 Å². The lowest BCUT2D eigenvalue weighted by molar-refractivity contribution is -0.312. The Labute approximate surface area is 246 Å². The highest BCUT2D eigenvalue weighted by atomic mass is 16.7. The number of rotatable bonds is 10. The van der Waals surface area contributed by atoms with Crippen LogP contribution in [0, 0.1) is 10.8 Å². The fourth-order valence-corrected chi connectivity index (χ4v) is 3.70. The Morgan fingerprint density at radius 1 is 0.643 bits per heavy atom. The second-order valence-corrected chi connectivity index (χ2v) is 12.1. The molecule has 1 fully saturated rings. The molecule has 0 radical (unpaired) electrons. The van der Waals surface area contributed by atoms with Gasteiger partial charge in [-0.2, -0.15) is 0 Å². The molecule has 1 aliphatic heterocycles. The summed E-state index contributed by atoms with van der Waals surface area (Å²) in [6.07, 6.45) is -6.43. The standard InChI is InChI=1S/C30H42O12/c1-17(31)36-14-20-10-12-21(13-11-20)15-37-26-25(42-28(35)30(7,8)9)24(40-19(3)33)23(39-18(2)32)22(41-26)16-38-27(34)29(4,5)6/h10-13,22-26H,14-16H2,1-9H3/t22-,23+,24+,25-,26-/m1/s1. The molecule has 0 aromatic heterocycles. The van der Waals surface area contributed by atoms with E-state index in [4.69, 9.17) is 33.2 Å². The summed E-state index contributed by atoms with van der Waals surface area (Å²) in [6, 6.07) is 7.03. The molecule has 1 heterocycles. The summed E-state index contributed by atoms with van der Waals surface area (Å²) < 4.78 is 39.4. The number of ether oxygens (including phenoxy) is 7. The van der Waals surface area contributed by atoms with Crippen LogP contribution in [-0.2, 0) is 70.3 Å². The van der Waals surface area contributed by atoms with Gasteiger partial charge in [-0.3, -0.25) is 24.0 Å². The van der Waals surface area contributed by atoms with E-state index in [9.17, 15) is 24.0 Å². The third-order valence-electron chi connectivity index (χ3n) is 5.92. The van der Waals surface area contributed by atoms with E-state index in [-0.39, 0.29) is 19.8 Å². The molecule has 0 bridgehead atoms. The second kappa shape index (κ2) is 14.6. The highest BCUT2D eigenvalue weighted by Crippen LogP contribution is 2.32. The third kappa shape index (κ3) is 10.7. The first-order valence-electron chi connectivity index (χ1n) is 13.6. The summed E-state index contributed by atoms with van der Waals surface area (Å²) in [5.41, 5.74) is -0.310. The molecule has 0 spiro atoms. The van der Waals surface area contributed by atoms with Crippen LogP contribution in [0.2, 0.25) is 0 Å². The molecule has 0 N–H and O–H groups in total. The van der Waals surface area contributed by atoms with Crippen molar-refractivity contribution in [2.75, 3.05) is 6.61 Å². The minimum absolute atomic E-state index is 0.0262. The second-order valence-electron chi connectivity index (χ2n) is 12.1. The van der Waals surface area contributed by atoms with E-state index in [1.165, 1.54) is 6.92 Å². The minimum atomic E-state index is -1.35. The number of hydrogen-bond acceptors (Lipinski definition) is 12. The first kappa shape index (κ1) is 34.7. The number of benzene rings is 1. The SMILES string of the molecule is CC(=O)OCc1ccc(CO[C@@H]2O[C@H](COC(=O)C(C)(C)C)[C@H](OC(C)=O)[C@H](OC(C)=O)[C@H]2OC(=O)C(C)(C)C)cc1. The van der Waals surface area contributed by atoms with Gasteiger partial charge in [0.15, 0.2) is 24.6 Å². The highest BCUT2D eigenvalue weighted by Gasteiger charge is 2.53. The van der Waals surface area contributed by atoms with Gasteiger partial charge in [0.25, 0.3) is 0 Å². The summed E-state index contributed by atoms with van der Waals surface area (Å²) in [6.45, 7) is 13.3. The molecule has 0 amide bonds. The Morgan fingerprint density at radius 2 is 1.14 bits per heavy atom. The number of esters is 5. The maximum Gasteiger partial charge on any atom is 0.311 e. The zero-order valence-corrected chi connectivity index (χ0v) is 25.7. The van der Waals surface area contributed by atoms with Crippen molar-refractivity contribution < 1.29 is 57.1 Å². The molecule has 0 unspecified atom stereocenters. The highest BCUT2D eigenvalue weighted by molar-refractivity contribution is 5.76. The zero-order valence-electron chi connectivity index (χ0n) is 25.7. The van der Waals surface area contributed by atoms with Crippen LogP contribution in [0.3, 0.4) is 0 Å². The molecule has 5 atom stereocenters. The number of hydrogen-bond donors (Lipinski definition) is 0. The normalized spacial score (nSPS) is 22.5. The largest absolute Gasteiger partial charge is 0.462 e. The first-order chi connectivity index (χ1) is 19.4. The maximum absolute atomic E-state index is 13.0. The van der Waals surface area contributed by atoms with Crippen LogP contribution in [0.4, 0.5) is 0 Å². The molecule has 12 nitrogen and oxygen atoms in total. The summed E-state index contributed by atoms with van der Waals surface area (Å²) in [5.74, 6) is -3.03. The molecule has 234 valence electrons. The van der Waals surface area contributed by atoms with Gasteiger partial charge in [-0.25, -0.2) is 0 Å². The van der Waals surface area contributed by atoms with Gasteiger partial charge >= 0.3 is 29.8 Å². The van der Waals surface area contributed by atoms with Crippen molar-refractivity contribution in [2.45, 2.75) is 106 Å². The molecule has 1 aromatic rings. The Kier molecular flexibility index (Phi) is 12.1. The Balaban J connectivity index is 2.42. The van der Waals surface area contributed by atoms with Crippen LogP contribution in [0.15, 0.2) is 24.3 Å². The van der Waals surface area contributed by atoms with Gasteiger partial charge in [-0.1, -0.05) is 24.3 Å². The molecular formula is C30H42O12. The van der Waals surface area contributed by atoms with E-state index in [2.05, 4.69) is 0 Å². The van der Waals surface area contributed by atoms with E-state index < -0.39 is 71.4 Å². The van der Waals surface area contributed by atoms with Crippen LogP contribution >= 0.6 is 0 Å². The molecule has 1 saturated heterocycles. The summed E-state index contributed by atoms with van der Waals surface area (Å²) in [7, 11) is 0. The Hall–Kier alpha value is -3.51. The molecule has 42 heavy (non-hydrogen) atoms. The third-order valence-corrected chi connectivity index (χ3v) is 5.92. The van der Waals surface area contributed by atoms with Gasteiger partial charge in [0.1, 0.15) is 19.3 Å². The smallest absolute Gasteiger partial charge is 0.311 e. The number of carbonyl (C=O) groups is 5.